The molecule has 1 aliphatic heterocycles. The molecule has 1 aromatic carbocycles. The molecular formula is C16H23FN2O. The molecule has 0 spiro atoms. The molecule has 2 amide bonds. The van der Waals surface area contributed by atoms with Gasteiger partial charge in [0.2, 0.25) is 0 Å². The number of likely N-dealkylation sites (tertiary alicyclic amines) is 1. The van der Waals surface area contributed by atoms with E-state index in [1.54, 1.807) is 12.1 Å². The van der Waals surface area contributed by atoms with Crippen LogP contribution in [0.15, 0.2) is 24.3 Å². The Labute approximate surface area is 120 Å². The highest BCUT2D eigenvalue weighted by Gasteiger charge is 2.22. The van der Waals surface area contributed by atoms with Crippen molar-refractivity contribution < 1.29 is 9.18 Å². The van der Waals surface area contributed by atoms with Gasteiger partial charge in [0.05, 0.1) is 0 Å². The van der Waals surface area contributed by atoms with E-state index in [0.717, 1.165) is 19.5 Å². The number of hydrogen-bond donors (Lipinski definition) is 1. The van der Waals surface area contributed by atoms with E-state index < -0.39 is 0 Å². The predicted molar refractivity (Wildman–Crippen MR) is 78.1 cm³/mol. The number of carbonyl (C=O) groups is 1. The topological polar surface area (TPSA) is 32.3 Å². The van der Waals surface area contributed by atoms with Crippen molar-refractivity contribution in [2.24, 2.45) is 5.92 Å². The highest BCUT2D eigenvalue weighted by molar-refractivity contribution is 5.74. The van der Waals surface area contributed by atoms with Gasteiger partial charge in [0.1, 0.15) is 5.82 Å². The summed E-state index contributed by atoms with van der Waals surface area (Å²) in [5.41, 5.74) is 0.646. The van der Waals surface area contributed by atoms with Gasteiger partial charge >= 0.3 is 6.03 Å². The predicted octanol–water partition coefficient (Wildman–Crippen LogP) is 3.20. The number of halogens is 1. The van der Waals surface area contributed by atoms with Crippen LogP contribution in [0.5, 0.6) is 0 Å². The lowest BCUT2D eigenvalue weighted by molar-refractivity contribution is 0.167. The van der Waals surface area contributed by atoms with Crippen LogP contribution in [0.4, 0.5) is 9.18 Å². The van der Waals surface area contributed by atoms with Crippen LogP contribution in [0.2, 0.25) is 0 Å². The van der Waals surface area contributed by atoms with Crippen molar-refractivity contribution in [1.82, 2.24) is 10.2 Å². The molecule has 1 aliphatic rings. The summed E-state index contributed by atoms with van der Waals surface area (Å²) in [4.78, 5) is 14.0. The highest BCUT2D eigenvalue weighted by atomic mass is 19.1. The molecule has 2 atom stereocenters. The monoisotopic (exact) mass is 278 g/mol. The van der Waals surface area contributed by atoms with Crippen LogP contribution in [-0.2, 0) is 6.42 Å². The SMILES string of the molecule is CC1CCCN(C(=O)NC(C)Cc2ccccc2F)C1. The zero-order valence-corrected chi connectivity index (χ0v) is 12.2. The molecule has 2 unspecified atom stereocenters. The molecule has 0 aliphatic carbocycles. The Balaban J connectivity index is 1.86. The smallest absolute Gasteiger partial charge is 0.317 e. The van der Waals surface area contributed by atoms with Crippen LogP contribution in [0.3, 0.4) is 0 Å². The molecule has 0 saturated carbocycles. The Kier molecular flexibility index (Phi) is 4.99. The van der Waals surface area contributed by atoms with Crippen molar-refractivity contribution in [2.45, 2.75) is 39.2 Å². The summed E-state index contributed by atoms with van der Waals surface area (Å²) in [6.45, 7) is 5.72. The molecular weight excluding hydrogens is 255 g/mol. The summed E-state index contributed by atoms with van der Waals surface area (Å²) in [6, 6.07) is 6.62. The molecule has 0 radical (unpaired) electrons. The minimum atomic E-state index is -0.208. The van der Waals surface area contributed by atoms with E-state index >= 15 is 0 Å². The summed E-state index contributed by atoms with van der Waals surface area (Å²) in [5, 5.41) is 2.97. The van der Waals surface area contributed by atoms with E-state index in [2.05, 4.69) is 12.2 Å². The fourth-order valence-corrected chi connectivity index (χ4v) is 2.72. The zero-order chi connectivity index (χ0) is 14.5. The van der Waals surface area contributed by atoms with Crippen molar-refractivity contribution in [3.05, 3.63) is 35.6 Å². The maximum atomic E-state index is 13.6. The lowest BCUT2D eigenvalue weighted by Crippen LogP contribution is -2.48. The standard InChI is InChI=1S/C16H23FN2O/c1-12-6-5-9-19(11-12)16(20)18-13(2)10-14-7-3-4-8-15(14)17/h3-4,7-8,12-13H,5-6,9-11H2,1-2H3,(H,18,20). The van der Waals surface area contributed by atoms with Crippen LogP contribution < -0.4 is 5.32 Å². The number of urea groups is 1. The zero-order valence-electron chi connectivity index (χ0n) is 12.2. The number of piperidine rings is 1. The Bertz CT molecular complexity index is 464. The maximum absolute atomic E-state index is 13.6. The van der Waals surface area contributed by atoms with Gasteiger partial charge in [-0.2, -0.15) is 0 Å². The Hall–Kier alpha value is -1.58. The van der Waals surface area contributed by atoms with Crippen molar-refractivity contribution in [1.29, 1.82) is 0 Å². The maximum Gasteiger partial charge on any atom is 0.317 e. The Morgan fingerprint density at radius 2 is 2.25 bits per heavy atom. The van der Waals surface area contributed by atoms with E-state index in [9.17, 15) is 9.18 Å². The number of nitrogens with zero attached hydrogens (tertiary/aromatic N) is 1. The van der Waals surface area contributed by atoms with Gasteiger partial charge in [0, 0.05) is 19.1 Å². The van der Waals surface area contributed by atoms with Crippen molar-refractivity contribution in [2.75, 3.05) is 13.1 Å². The van der Waals surface area contributed by atoms with E-state index in [4.69, 9.17) is 0 Å². The summed E-state index contributed by atoms with van der Waals surface area (Å²) in [7, 11) is 0. The second kappa shape index (κ2) is 6.73. The van der Waals surface area contributed by atoms with Crippen LogP contribution in [0.1, 0.15) is 32.3 Å². The minimum absolute atomic E-state index is 0.0274. The molecule has 2 rings (SSSR count). The molecule has 0 bridgehead atoms. The number of hydrogen-bond acceptors (Lipinski definition) is 1. The van der Waals surface area contributed by atoms with Crippen LogP contribution >= 0.6 is 0 Å². The molecule has 20 heavy (non-hydrogen) atoms. The second-order valence-corrected chi connectivity index (χ2v) is 5.84. The third-order valence-electron chi connectivity index (χ3n) is 3.80. The van der Waals surface area contributed by atoms with Crippen molar-refractivity contribution >= 4 is 6.03 Å². The first-order valence-corrected chi connectivity index (χ1v) is 7.35. The summed E-state index contributed by atoms with van der Waals surface area (Å²) in [6.07, 6.45) is 2.77. The number of amides is 2. The fourth-order valence-electron chi connectivity index (χ4n) is 2.72. The Morgan fingerprint density at radius 3 is 2.95 bits per heavy atom. The number of nitrogens with one attached hydrogen (secondary N) is 1. The van der Waals surface area contributed by atoms with Crippen LogP contribution in [-0.4, -0.2) is 30.1 Å². The molecule has 1 fully saturated rings. The van der Waals surface area contributed by atoms with Crippen molar-refractivity contribution in [3.8, 4) is 0 Å². The highest BCUT2D eigenvalue weighted by Crippen LogP contribution is 2.15. The molecule has 1 heterocycles. The van der Waals surface area contributed by atoms with E-state index in [1.165, 1.54) is 12.5 Å². The van der Waals surface area contributed by atoms with E-state index in [0.29, 0.717) is 17.9 Å². The average molecular weight is 278 g/mol. The minimum Gasteiger partial charge on any atom is -0.335 e. The van der Waals surface area contributed by atoms with Gasteiger partial charge in [0.15, 0.2) is 0 Å². The fraction of sp³-hybridized carbons (Fsp3) is 0.562. The average Bonchev–Trinajstić information content (AvgIpc) is 2.41. The second-order valence-electron chi connectivity index (χ2n) is 5.84. The first kappa shape index (κ1) is 14.8. The van der Waals surface area contributed by atoms with Gasteiger partial charge in [-0.25, -0.2) is 9.18 Å². The normalized spacial score (nSPS) is 20.6. The first-order chi connectivity index (χ1) is 9.56. The largest absolute Gasteiger partial charge is 0.335 e. The van der Waals surface area contributed by atoms with E-state index in [1.807, 2.05) is 17.9 Å². The van der Waals surface area contributed by atoms with Gasteiger partial charge in [0.25, 0.3) is 0 Å². The van der Waals surface area contributed by atoms with Gasteiger partial charge < -0.3 is 10.2 Å². The lowest BCUT2D eigenvalue weighted by Gasteiger charge is -2.32. The first-order valence-electron chi connectivity index (χ1n) is 7.35. The third kappa shape index (κ3) is 3.95. The van der Waals surface area contributed by atoms with Gasteiger partial charge in [-0.3, -0.25) is 0 Å². The number of benzene rings is 1. The summed E-state index contributed by atoms with van der Waals surface area (Å²) in [5.74, 6) is 0.358. The van der Waals surface area contributed by atoms with Crippen LogP contribution in [0.25, 0.3) is 0 Å². The molecule has 1 aromatic rings. The molecule has 1 N–H and O–H groups in total. The molecule has 4 heteroatoms. The summed E-state index contributed by atoms with van der Waals surface area (Å²) >= 11 is 0. The summed E-state index contributed by atoms with van der Waals surface area (Å²) < 4.78 is 13.6. The lowest BCUT2D eigenvalue weighted by atomic mass is 10.0. The Morgan fingerprint density at radius 1 is 1.50 bits per heavy atom. The van der Waals surface area contributed by atoms with E-state index in [-0.39, 0.29) is 17.9 Å². The number of carbonyl (C=O) groups excluding carboxylic acids is 1. The molecule has 3 nitrogen and oxygen atoms in total. The third-order valence-corrected chi connectivity index (χ3v) is 3.80. The molecule has 1 saturated heterocycles. The van der Waals surface area contributed by atoms with Crippen molar-refractivity contribution in [3.63, 3.8) is 0 Å². The molecule has 0 aromatic heterocycles. The number of rotatable bonds is 3. The van der Waals surface area contributed by atoms with Crippen LogP contribution in [0, 0.1) is 11.7 Å². The van der Waals surface area contributed by atoms with Gasteiger partial charge in [-0.1, -0.05) is 25.1 Å². The quantitative estimate of drug-likeness (QED) is 0.904. The van der Waals surface area contributed by atoms with Gasteiger partial charge in [-0.05, 0) is 43.7 Å². The van der Waals surface area contributed by atoms with Gasteiger partial charge in [-0.15, -0.1) is 0 Å². The molecule has 110 valence electrons.